The minimum absolute atomic E-state index is 0. The topological polar surface area (TPSA) is 61.0 Å². The largest absolute Gasteiger partial charge is 1.00 e. The molecule has 1 aromatic heterocycles. The van der Waals surface area contributed by atoms with E-state index in [2.05, 4.69) is 12.0 Å². The molecule has 0 aliphatic carbocycles. The molecule has 0 bridgehead atoms. The zero-order valence-corrected chi connectivity index (χ0v) is 14.2. The van der Waals surface area contributed by atoms with E-state index >= 15 is 0 Å². The van der Waals surface area contributed by atoms with Gasteiger partial charge in [-0.2, -0.15) is 0 Å². The molecule has 1 aliphatic rings. The first-order chi connectivity index (χ1) is 9.11. The molecule has 7 heteroatoms. The summed E-state index contributed by atoms with van der Waals surface area (Å²) in [5.74, 6) is -0.0432. The summed E-state index contributed by atoms with van der Waals surface area (Å²) in [7, 11) is 2.33. The number of halogens is 1. The molecule has 0 radical (unpaired) electrons. The molecular weight excluding hydrogens is 371 g/mol. The van der Waals surface area contributed by atoms with Crippen molar-refractivity contribution < 1.29 is 33.4 Å². The lowest BCUT2D eigenvalue weighted by atomic mass is 10.1. The zero-order chi connectivity index (χ0) is 13.7. The number of nitro groups is 1. The van der Waals surface area contributed by atoms with Gasteiger partial charge in [-0.25, -0.2) is 4.57 Å². The fourth-order valence-electron chi connectivity index (χ4n) is 2.92. The van der Waals surface area contributed by atoms with Crippen molar-refractivity contribution in [3.8, 4) is 0 Å². The Morgan fingerprint density at radius 1 is 1.35 bits per heavy atom. The van der Waals surface area contributed by atoms with Gasteiger partial charge in [-0.05, 0) is 37.0 Å². The van der Waals surface area contributed by atoms with Crippen molar-refractivity contribution in [1.82, 2.24) is 9.55 Å². The average Bonchev–Trinajstić information content (AvgIpc) is 2.84. The number of piperidine rings is 1. The molecular formula is C13H23IN4O2. The average molecular weight is 394 g/mol. The van der Waals surface area contributed by atoms with Crippen LogP contribution < -0.4 is 24.0 Å². The number of aromatic nitrogens is 2. The van der Waals surface area contributed by atoms with Crippen LogP contribution in [0.5, 0.6) is 0 Å². The molecule has 114 valence electrons. The van der Waals surface area contributed by atoms with Crippen molar-refractivity contribution >= 4 is 5.95 Å². The molecule has 20 heavy (non-hydrogen) atoms. The van der Waals surface area contributed by atoms with Crippen LogP contribution in [0.25, 0.3) is 0 Å². The zero-order valence-electron chi connectivity index (χ0n) is 12.0. The van der Waals surface area contributed by atoms with Gasteiger partial charge in [0.1, 0.15) is 12.4 Å². The van der Waals surface area contributed by atoms with Gasteiger partial charge in [0.2, 0.25) is 0 Å². The van der Waals surface area contributed by atoms with Crippen molar-refractivity contribution in [3.05, 3.63) is 22.5 Å². The van der Waals surface area contributed by atoms with E-state index in [1.54, 1.807) is 10.8 Å². The highest BCUT2D eigenvalue weighted by molar-refractivity contribution is 5.06. The van der Waals surface area contributed by atoms with Crippen LogP contribution in [0, 0.1) is 10.1 Å². The normalized spacial score (nSPS) is 17.4. The van der Waals surface area contributed by atoms with Crippen LogP contribution in [-0.2, 0) is 6.54 Å². The Labute approximate surface area is 136 Å². The van der Waals surface area contributed by atoms with E-state index in [0.717, 1.165) is 12.8 Å². The summed E-state index contributed by atoms with van der Waals surface area (Å²) in [6.07, 6.45) is 9.32. The number of hydrogen-bond acceptors (Lipinski definition) is 3. The maximum atomic E-state index is 10.7. The van der Waals surface area contributed by atoms with Crippen LogP contribution >= 0.6 is 0 Å². The number of nitrogens with zero attached hydrogens (tertiary/aromatic N) is 4. The minimum Gasteiger partial charge on any atom is -1.00 e. The Balaban J connectivity index is 0.00000200. The molecule has 6 nitrogen and oxygen atoms in total. The van der Waals surface area contributed by atoms with Gasteiger partial charge in [-0.3, -0.25) is 0 Å². The van der Waals surface area contributed by atoms with Crippen LogP contribution in [-0.4, -0.2) is 45.6 Å². The predicted molar refractivity (Wildman–Crippen MR) is 72.8 cm³/mol. The van der Waals surface area contributed by atoms with Crippen LogP contribution in [0.4, 0.5) is 5.95 Å². The van der Waals surface area contributed by atoms with Gasteiger partial charge in [0.05, 0.1) is 33.2 Å². The molecule has 0 atom stereocenters. The summed E-state index contributed by atoms with van der Waals surface area (Å²) >= 11 is 0. The van der Waals surface area contributed by atoms with E-state index < -0.39 is 4.92 Å². The van der Waals surface area contributed by atoms with Crippen molar-refractivity contribution in [3.63, 3.8) is 0 Å². The molecule has 0 N–H and O–H groups in total. The quantitative estimate of drug-likeness (QED) is 0.209. The second-order valence-electron chi connectivity index (χ2n) is 5.74. The maximum Gasteiger partial charge on any atom is 0.434 e. The molecule has 1 aromatic rings. The van der Waals surface area contributed by atoms with Gasteiger partial charge in [0, 0.05) is 0 Å². The summed E-state index contributed by atoms with van der Waals surface area (Å²) in [5.41, 5.74) is 0. The number of imidazole rings is 1. The Morgan fingerprint density at radius 2 is 2.05 bits per heavy atom. The highest BCUT2D eigenvalue weighted by atomic mass is 127. The molecule has 1 aliphatic heterocycles. The third-order valence-corrected chi connectivity index (χ3v) is 4.10. The van der Waals surface area contributed by atoms with Gasteiger partial charge >= 0.3 is 5.95 Å². The van der Waals surface area contributed by atoms with E-state index in [-0.39, 0.29) is 29.9 Å². The summed E-state index contributed by atoms with van der Waals surface area (Å²) in [6, 6.07) is 0. The van der Waals surface area contributed by atoms with Gasteiger partial charge in [-0.1, -0.05) is 4.98 Å². The predicted octanol–water partition coefficient (Wildman–Crippen LogP) is -0.794. The molecule has 1 saturated heterocycles. The maximum absolute atomic E-state index is 10.7. The first kappa shape index (κ1) is 17.4. The molecule has 0 spiro atoms. The summed E-state index contributed by atoms with van der Waals surface area (Å²) in [6.45, 7) is 4.44. The Kier molecular flexibility index (Phi) is 6.87. The summed E-state index contributed by atoms with van der Waals surface area (Å²) in [4.78, 5) is 14.1. The highest BCUT2D eigenvalue weighted by Crippen LogP contribution is 2.17. The van der Waals surface area contributed by atoms with E-state index in [1.807, 2.05) is 0 Å². The number of unbranched alkanes of at least 4 members (excludes halogenated alkanes) is 1. The number of quaternary nitrogens is 1. The minimum atomic E-state index is -0.418. The van der Waals surface area contributed by atoms with Crippen molar-refractivity contribution in [1.29, 1.82) is 0 Å². The van der Waals surface area contributed by atoms with Crippen LogP contribution in [0.15, 0.2) is 12.4 Å². The van der Waals surface area contributed by atoms with E-state index in [1.165, 1.54) is 49.6 Å². The van der Waals surface area contributed by atoms with Gasteiger partial charge < -0.3 is 38.6 Å². The number of aryl methyl sites for hydroxylation is 1. The van der Waals surface area contributed by atoms with Crippen LogP contribution in [0.1, 0.15) is 32.1 Å². The lowest BCUT2D eigenvalue weighted by Crippen LogP contribution is -3.00. The molecule has 2 rings (SSSR count). The Bertz CT molecular complexity index is 430. The van der Waals surface area contributed by atoms with Gasteiger partial charge in [0.25, 0.3) is 0 Å². The van der Waals surface area contributed by atoms with E-state index in [4.69, 9.17) is 0 Å². The van der Waals surface area contributed by atoms with Crippen LogP contribution in [0.2, 0.25) is 0 Å². The second kappa shape index (κ2) is 7.92. The Morgan fingerprint density at radius 3 is 2.70 bits per heavy atom. The van der Waals surface area contributed by atoms with Crippen molar-refractivity contribution in [2.75, 3.05) is 26.7 Å². The molecule has 1 fully saturated rings. The standard InChI is InChI=1S/C13H23N4O2.HI/c1-17(10-4-2-5-11-17)12-6-3-8-15-9-7-14-13(15)16(18)19;/h7,9H,2-6,8,10-12H2,1H3;1H/q+1;/p-1. The molecule has 0 amide bonds. The summed E-state index contributed by atoms with van der Waals surface area (Å²) < 4.78 is 2.81. The van der Waals surface area contributed by atoms with E-state index in [0.29, 0.717) is 6.54 Å². The fourth-order valence-corrected chi connectivity index (χ4v) is 2.92. The lowest BCUT2D eigenvalue weighted by Gasteiger charge is -2.37. The van der Waals surface area contributed by atoms with Crippen molar-refractivity contribution in [2.24, 2.45) is 0 Å². The molecule has 0 aromatic carbocycles. The van der Waals surface area contributed by atoms with Crippen molar-refractivity contribution in [2.45, 2.75) is 38.6 Å². The molecule has 2 heterocycles. The van der Waals surface area contributed by atoms with E-state index in [9.17, 15) is 10.1 Å². The number of rotatable bonds is 6. The monoisotopic (exact) mass is 394 g/mol. The second-order valence-corrected chi connectivity index (χ2v) is 5.74. The third-order valence-electron chi connectivity index (χ3n) is 4.10. The van der Waals surface area contributed by atoms with Gasteiger partial charge in [0.15, 0.2) is 0 Å². The van der Waals surface area contributed by atoms with Crippen LogP contribution in [0.3, 0.4) is 0 Å². The molecule has 0 unspecified atom stereocenters. The lowest BCUT2D eigenvalue weighted by molar-refractivity contribution is -0.914. The highest BCUT2D eigenvalue weighted by Gasteiger charge is 2.24. The summed E-state index contributed by atoms with van der Waals surface area (Å²) in [5, 5.41) is 10.7. The Hall–Kier alpha value is -0.700. The first-order valence-corrected chi connectivity index (χ1v) is 7.10. The number of hydrogen-bond donors (Lipinski definition) is 0. The first-order valence-electron chi connectivity index (χ1n) is 7.10. The smallest absolute Gasteiger partial charge is 0.434 e. The SMILES string of the molecule is C[N+]1(CCCCn2ccnc2[N+](=O)[O-])CCCCC1.[I-]. The third kappa shape index (κ3) is 4.69. The van der Waals surface area contributed by atoms with Gasteiger partial charge in [-0.15, -0.1) is 0 Å². The number of likely N-dealkylation sites (tertiary alicyclic amines) is 1. The molecule has 0 saturated carbocycles. The fraction of sp³-hybridized carbons (Fsp3) is 0.769.